The largest absolute Gasteiger partial charge is 0.756 e. The molecule has 2 atom stereocenters. The zero-order chi connectivity index (χ0) is 41.4. The van der Waals surface area contributed by atoms with Crippen molar-refractivity contribution in [2.75, 3.05) is 47.5 Å². The Morgan fingerprint density at radius 1 is 0.554 bits per heavy atom. The molecule has 0 heterocycles. The molecular formula is C46H84NO8P. The number of phosphoric ester groups is 1. The molecule has 0 spiro atoms. The summed E-state index contributed by atoms with van der Waals surface area (Å²) in [6.07, 6.45) is 44.5. The third-order valence-corrected chi connectivity index (χ3v) is 10.3. The number of rotatable bonds is 40. The zero-order valence-corrected chi connectivity index (χ0v) is 37.5. The Morgan fingerprint density at radius 3 is 1.52 bits per heavy atom. The highest BCUT2D eigenvalue weighted by Crippen LogP contribution is 2.38. The lowest BCUT2D eigenvalue weighted by atomic mass is 10.1. The number of hydrogen-bond acceptors (Lipinski definition) is 8. The molecule has 0 radical (unpaired) electrons. The van der Waals surface area contributed by atoms with Crippen LogP contribution >= 0.6 is 7.82 Å². The number of carbonyl (C=O) groups excluding carboxylic acids is 2. The summed E-state index contributed by atoms with van der Waals surface area (Å²) in [7, 11) is 1.12. The van der Waals surface area contributed by atoms with Crippen molar-refractivity contribution in [3.8, 4) is 0 Å². The molecule has 0 amide bonds. The maximum absolute atomic E-state index is 12.6. The first-order valence-corrected chi connectivity index (χ1v) is 23.8. The minimum Gasteiger partial charge on any atom is -0.756 e. The molecule has 0 aliphatic heterocycles. The highest BCUT2D eigenvalue weighted by molar-refractivity contribution is 7.45. The molecule has 0 bridgehead atoms. The van der Waals surface area contributed by atoms with Crippen LogP contribution in [0.1, 0.15) is 181 Å². The molecule has 0 fully saturated rings. The topological polar surface area (TPSA) is 111 Å². The maximum Gasteiger partial charge on any atom is 0.306 e. The fraction of sp³-hybridized carbons (Fsp3) is 0.783. The highest BCUT2D eigenvalue weighted by Gasteiger charge is 2.21. The van der Waals surface area contributed by atoms with Crippen LogP contribution in [0, 0.1) is 0 Å². The van der Waals surface area contributed by atoms with Gasteiger partial charge >= 0.3 is 11.9 Å². The van der Waals surface area contributed by atoms with Crippen LogP contribution in [0.3, 0.4) is 0 Å². The van der Waals surface area contributed by atoms with E-state index in [2.05, 4.69) is 50.3 Å². The van der Waals surface area contributed by atoms with E-state index in [1.165, 1.54) is 103 Å². The third-order valence-electron chi connectivity index (χ3n) is 9.33. The predicted octanol–water partition coefficient (Wildman–Crippen LogP) is 12.1. The van der Waals surface area contributed by atoms with E-state index in [1.54, 1.807) is 0 Å². The minimum atomic E-state index is -4.64. The van der Waals surface area contributed by atoms with E-state index in [1.807, 2.05) is 33.3 Å². The summed E-state index contributed by atoms with van der Waals surface area (Å²) in [5.41, 5.74) is 0. The van der Waals surface area contributed by atoms with E-state index >= 15 is 0 Å². The molecule has 0 rings (SSSR count). The predicted molar refractivity (Wildman–Crippen MR) is 231 cm³/mol. The second kappa shape index (κ2) is 38.5. The summed E-state index contributed by atoms with van der Waals surface area (Å²) in [5, 5.41) is 0. The molecule has 0 aromatic carbocycles. The van der Waals surface area contributed by atoms with Crippen molar-refractivity contribution in [3.05, 3.63) is 48.6 Å². The Morgan fingerprint density at radius 2 is 1.00 bits per heavy atom. The molecule has 0 N–H and O–H groups in total. The molecule has 10 heteroatoms. The van der Waals surface area contributed by atoms with Crippen molar-refractivity contribution in [2.45, 2.75) is 187 Å². The van der Waals surface area contributed by atoms with Gasteiger partial charge in [0.2, 0.25) is 0 Å². The molecule has 0 saturated heterocycles. The van der Waals surface area contributed by atoms with E-state index in [9.17, 15) is 19.0 Å². The first-order valence-electron chi connectivity index (χ1n) is 22.3. The summed E-state index contributed by atoms with van der Waals surface area (Å²) in [4.78, 5) is 37.5. The van der Waals surface area contributed by atoms with Gasteiger partial charge in [-0.3, -0.25) is 14.2 Å². The number of hydrogen-bond donors (Lipinski definition) is 0. The molecule has 0 aliphatic carbocycles. The first-order chi connectivity index (χ1) is 27.0. The molecule has 326 valence electrons. The zero-order valence-electron chi connectivity index (χ0n) is 36.6. The van der Waals surface area contributed by atoms with E-state index in [4.69, 9.17) is 18.5 Å². The summed E-state index contributed by atoms with van der Waals surface area (Å²) in [6, 6.07) is 0. The Kier molecular flexibility index (Phi) is 37.1. The minimum absolute atomic E-state index is 0.0455. The van der Waals surface area contributed by atoms with Gasteiger partial charge in [-0.05, 0) is 57.8 Å². The van der Waals surface area contributed by atoms with Crippen LogP contribution in [0.25, 0.3) is 0 Å². The number of carbonyl (C=O) groups is 2. The van der Waals surface area contributed by atoms with Gasteiger partial charge in [0.1, 0.15) is 19.8 Å². The van der Waals surface area contributed by atoms with E-state index in [-0.39, 0.29) is 26.1 Å². The standard InChI is InChI=1S/C46H84NO8P/c1-6-8-10-12-14-16-18-20-22-23-25-27-29-31-33-35-37-39-46(49)55-44(43-54-56(50,51)53-41-40-47(3,4)5)42-52-45(48)38-36-34-32-30-28-26-24-21-19-17-15-13-11-9-7-2/h20,22,25,27,31-34,44H,6-19,21,23-24,26,28-30,35-43H2,1-5H3/b22-20+,27-25+,33-31+,34-32+/t44-/m1/s1. The van der Waals surface area contributed by atoms with Crippen molar-refractivity contribution in [3.63, 3.8) is 0 Å². The summed E-state index contributed by atoms with van der Waals surface area (Å²) in [5.74, 6) is -0.953. The highest BCUT2D eigenvalue weighted by atomic mass is 31.2. The molecule has 9 nitrogen and oxygen atoms in total. The molecule has 56 heavy (non-hydrogen) atoms. The van der Waals surface area contributed by atoms with Gasteiger partial charge in [0.25, 0.3) is 7.82 Å². The summed E-state index contributed by atoms with van der Waals surface area (Å²) in [6.45, 7) is 4.12. The molecule has 0 aliphatic rings. The average molecular weight is 810 g/mol. The molecule has 0 aromatic rings. The van der Waals surface area contributed by atoms with Crippen LogP contribution in [-0.4, -0.2) is 70.0 Å². The van der Waals surface area contributed by atoms with Crippen LogP contribution in [-0.2, 0) is 32.7 Å². The maximum atomic E-state index is 12.6. The second-order valence-electron chi connectivity index (χ2n) is 16.1. The van der Waals surface area contributed by atoms with E-state index in [0.29, 0.717) is 30.3 Å². The fourth-order valence-electron chi connectivity index (χ4n) is 5.81. The molecular weight excluding hydrogens is 725 g/mol. The Labute approximate surface area is 343 Å². The number of quaternary nitrogens is 1. The number of esters is 2. The van der Waals surface area contributed by atoms with Gasteiger partial charge in [-0.2, -0.15) is 0 Å². The SMILES string of the molecule is CCCCCCCC/C=C/C/C=C/C/C=C/CCCC(=O)O[C@H](COC(=O)CC/C=C/CCCCCCCCCCCCC)COP(=O)([O-])OCC[N+](C)(C)C. The number of ether oxygens (including phenoxy) is 2. The van der Waals surface area contributed by atoms with Crippen LogP contribution in [0.2, 0.25) is 0 Å². The Balaban J connectivity index is 4.48. The summed E-state index contributed by atoms with van der Waals surface area (Å²) < 4.78 is 33.8. The molecule has 0 aromatic heterocycles. The number of phosphoric acid groups is 1. The Hall–Kier alpha value is -2.03. The van der Waals surface area contributed by atoms with Gasteiger partial charge in [0.05, 0.1) is 27.7 Å². The average Bonchev–Trinajstić information content (AvgIpc) is 3.15. The van der Waals surface area contributed by atoms with Crippen molar-refractivity contribution < 1.29 is 42.1 Å². The number of likely N-dealkylation sites (N-methyl/N-ethyl adjacent to an activating group) is 1. The van der Waals surface area contributed by atoms with Crippen LogP contribution in [0.4, 0.5) is 0 Å². The quantitative estimate of drug-likeness (QED) is 0.0198. The van der Waals surface area contributed by atoms with E-state index in [0.717, 1.165) is 32.1 Å². The van der Waals surface area contributed by atoms with Crippen molar-refractivity contribution in [1.29, 1.82) is 0 Å². The van der Waals surface area contributed by atoms with Crippen molar-refractivity contribution in [1.82, 2.24) is 0 Å². The lowest BCUT2D eigenvalue weighted by Crippen LogP contribution is -2.37. The fourth-order valence-corrected chi connectivity index (χ4v) is 6.53. The number of allylic oxidation sites excluding steroid dienone is 8. The summed E-state index contributed by atoms with van der Waals surface area (Å²) >= 11 is 0. The van der Waals surface area contributed by atoms with Crippen molar-refractivity contribution in [2.24, 2.45) is 0 Å². The number of nitrogens with zero attached hydrogens (tertiary/aromatic N) is 1. The van der Waals surface area contributed by atoms with Crippen molar-refractivity contribution >= 4 is 19.8 Å². The smallest absolute Gasteiger partial charge is 0.306 e. The Bertz CT molecular complexity index is 1100. The molecule has 1 unspecified atom stereocenters. The van der Waals surface area contributed by atoms with Crippen LogP contribution in [0.5, 0.6) is 0 Å². The van der Waals surface area contributed by atoms with Gasteiger partial charge in [-0.15, -0.1) is 0 Å². The lowest BCUT2D eigenvalue weighted by Gasteiger charge is -2.28. The second-order valence-corrected chi connectivity index (χ2v) is 17.5. The van der Waals surface area contributed by atoms with Gasteiger partial charge in [0.15, 0.2) is 6.10 Å². The monoisotopic (exact) mass is 810 g/mol. The van der Waals surface area contributed by atoms with Crippen LogP contribution in [0.15, 0.2) is 48.6 Å². The van der Waals surface area contributed by atoms with Gasteiger partial charge in [0, 0.05) is 12.8 Å². The van der Waals surface area contributed by atoms with Crippen LogP contribution < -0.4 is 4.89 Å². The number of unbranched alkanes of at least 4 members (excludes halogenated alkanes) is 18. The van der Waals surface area contributed by atoms with Gasteiger partial charge in [-0.25, -0.2) is 0 Å². The van der Waals surface area contributed by atoms with E-state index < -0.39 is 32.5 Å². The molecule has 0 saturated carbocycles. The lowest BCUT2D eigenvalue weighted by molar-refractivity contribution is -0.870. The third kappa shape index (κ3) is 41.6. The van der Waals surface area contributed by atoms with Gasteiger partial charge in [-0.1, -0.05) is 159 Å². The normalized spacial score (nSPS) is 14.0. The first kappa shape index (κ1) is 54.0. The van der Waals surface area contributed by atoms with Gasteiger partial charge < -0.3 is 27.9 Å².